The summed E-state index contributed by atoms with van der Waals surface area (Å²) in [7, 11) is 0. The van der Waals surface area contributed by atoms with Crippen molar-refractivity contribution in [3.63, 3.8) is 0 Å². The fourth-order valence-electron chi connectivity index (χ4n) is 4.05. The molecule has 0 saturated heterocycles. The van der Waals surface area contributed by atoms with Crippen LogP contribution in [0.25, 0.3) is 0 Å². The van der Waals surface area contributed by atoms with Crippen LogP contribution in [0.15, 0.2) is 12.7 Å². The van der Waals surface area contributed by atoms with Gasteiger partial charge in [0.2, 0.25) is 0 Å². The first-order valence-electron chi connectivity index (χ1n) is 8.58. The molecule has 114 valence electrons. The number of hydrogen-bond acceptors (Lipinski definition) is 2. The van der Waals surface area contributed by atoms with E-state index in [-0.39, 0.29) is 11.9 Å². The maximum absolute atomic E-state index is 12.4. The summed E-state index contributed by atoms with van der Waals surface area (Å²) in [6.07, 6.45) is 15.8. The lowest BCUT2D eigenvalue weighted by Crippen LogP contribution is -2.30. The average Bonchev–Trinajstić information content (AvgIpc) is 2.52. The third-order valence-corrected chi connectivity index (χ3v) is 5.18. The quantitative estimate of drug-likeness (QED) is 0.511. The Labute approximate surface area is 124 Å². The van der Waals surface area contributed by atoms with E-state index in [1.807, 2.05) is 0 Å². The molecule has 0 heterocycles. The lowest BCUT2D eigenvalue weighted by atomic mass is 9.73. The lowest BCUT2D eigenvalue weighted by Gasteiger charge is -2.32. The summed E-state index contributed by atoms with van der Waals surface area (Å²) in [5, 5.41) is 0. The van der Waals surface area contributed by atoms with Crippen molar-refractivity contribution in [3.8, 4) is 0 Å². The molecule has 2 aliphatic carbocycles. The van der Waals surface area contributed by atoms with E-state index in [4.69, 9.17) is 4.74 Å². The molecule has 0 aromatic carbocycles. The summed E-state index contributed by atoms with van der Waals surface area (Å²) >= 11 is 0. The molecule has 0 spiro atoms. The summed E-state index contributed by atoms with van der Waals surface area (Å²) < 4.78 is 5.39. The van der Waals surface area contributed by atoms with Crippen LogP contribution in [0.5, 0.6) is 0 Å². The van der Waals surface area contributed by atoms with Gasteiger partial charge in [0.15, 0.2) is 0 Å². The molecule has 2 heteroatoms. The molecule has 1 atom stereocenters. The van der Waals surface area contributed by atoms with Gasteiger partial charge in [-0.1, -0.05) is 64.0 Å². The predicted molar refractivity (Wildman–Crippen MR) is 82.4 cm³/mol. The number of esters is 1. The monoisotopic (exact) mass is 278 g/mol. The fraction of sp³-hybridized carbons (Fsp3) is 0.833. The molecule has 2 fully saturated rings. The van der Waals surface area contributed by atoms with Gasteiger partial charge in [-0.3, -0.25) is 4.79 Å². The second-order valence-corrected chi connectivity index (χ2v) is 6.66. The Morgan fingerprint density at radius 2 is 1.65 bits per heavy atom. The van der Waals surface area contributed by atoms with Gasteiger partial charge in [-0.2, -0.15) is 0 Å². The van der Waals surface area contributed by atoms with Crippen LogP contribution in [0, 0.1) is 17.8 Å². The molecule has 0 aromatic rings. The van der Waals surface area contributed by atoms with E-state index < -0.39 is 0 Å². The van der Waals surface area contributed by atoms with Crippen molar-refractivity contribution in [1.29, 1.82) is 0 Å². The Balaban J connectivity index is 1.93. The Kier molecular flexibility index (Phi) is 6.62. The second-order valence-electron chi connectivity index (χ2n) is 6.66. The van der Waals surface area contributed by atoms with Gasteiger partial charge >= 0.3 is 5.97 Å². The van der Waals surface area contributed by atoms with Crippen LogP contribution in [0.2, 0.25) is 0 Å². The van der Waals surface area contributed by atoms with Gasteiger partial charge < -0.3 is 4.74 Å². The van der Waals surface area contributed by atoms with Crippen molar-refractivity contribution in [1.82, 2.24) is 0 Å². The zero-order chi connectivity index (χ0) is 14.2. The summed E-state index contributed by atoms with van der Waals surface area (Å²) in [6, 6.07) is 0. The molecule has 0 aliphatic heterocycles. The third-order valence-electron chi connectivity index (χ3n) is 5.18. The molecule has 0 bridgehead atoms. The fourth-order valence-corrected chi connectivity index (χ4v) is 4.05. The molecule has 0 amide bonds. The SMILES string of the molecule is C=CCOC(=O)C(CC1CCCCC1)C1CCCCC1. The molecule has 1 unspecified atom stereocenters. The van der Waals surface area contributed by atoms with Crippen LogP contribution < -0.4 is 0 Å². The number of rotatable bonds is 6. The summed E-state index contributed by atoms with van der Waals surface area (Å²) in [5.41, 5.74) is 0. The largest absolute Gasteiger partial charge is 0.461 e. The van der Waals surface area contributed by atoms with Crippen LogP contribution in [0.1, 0.15) is 70.6 Å². The van der Waals surface area contributed by atoms with Crippen molar-refractivity contribution in [2.45, 2.75) is 70.6 Å². The van der Waals surface area contributed by atoms with Crippen LogP contribution in [-0.4, -0.2) is 12.6 Å². The van der Waals surface area contributed by atoms with E-state index >= 15 is 0 Å². The summed E-state index contributed by atoms with van der Waals surface area (Å²) in [4.78, 5) is 12.4. The van der Waals surface area contributed by atoms with Crippen LogP contribution >= 0.6 is 0 Å². The van der Waals surface area contributed by atoms with Gasteiger partial charge in [0.25, 0.3) is 0 Å². The van der Waals surface area contributed by atoms with Crippen molar-refractivity contribution in [2.75, 3.05) is 6.61 Å². The number of carbonyl (C=O) groups is 1. The Morgan fingerprint density at radius 1 is 1.05 bits per heavy atom. The zero-order valence-electron chi connectivity index (χ0n) is 12.8. The highest BCUT2D eigenvalue weighted by Crippen LogP contribution is 2.37. The molecule has 20 heavy (non-hydrogen) atoms. The second kappa shape index (κ2) is 8.49. The first-order valence-corrected chi connectivity index (χ1v) is 8.58. The molecule has 2 aliphatic rings. The van der Waals surface area contributed by atoms with Gasteiger partial charge in [0.05, 0.1) is 5.92 Å². The molecule has 2 saturated carbocycles. The zero-order valence-corrected chi connectivity index (χ0v) is 12.8. The van der Waals surface area contributed by atoms with Gasteiger partial charge in [-0.05, 0) is 31.1 Å². The maximum Gasteiger partial charge on any atom is 0.309 e. The Hall–Kier alpha value is -0.790. The normalized spacial score (nSPS) is 23.2. The van der Waals surface area contributed by atoms with E-state index in [0.29, 0.717) is 12.5 Å². The van der Waals surface area contributed by atoms with Gasteiger partial charge in [-0.25, -0.2) is 0 Å². The maximum atomic E-state index is 12.4. The van der Waals surface area contributed by atoms with E-state index in [0.717, 1.165) is 12.3 Å². The molecule has 0 aromatic heterocycles. The number of hydrogen-bond donors (Lipinski definition) is 0. The topological polar surface area (TPSA) is 26.3 Å². The van der Waals surface area contributed by atoms with Gasteiger partial charge in [0.1, 0.15) is 6.61 Å². The van der Waals surface area contributed by atoms with Crippen LogP contribution in [0.3, 0.4) is 0 Å². The van der Waals surface area contributed by atoms with Gasteiger partial charge in [-0.15, -0.1) is 0 Å². The molecule has 2 rings (SSSR count). The van der Waals surface area contributed by atoms with Crippen LogP contribution in [0.4, 0.5) is 0 Å². The van der Waals surface area contributed by atoms with E-state index in [1.54, 1.807) is 6.08 Å². The smallest absolute Gasteiger partial charge is 0.309 e. The average molecular weight is 278 g/mol. The first-order chi connectivity index (χ1) is 9.81. The number of carbonyl (C=O) groups excluding carboxylic acids is 1. The summed E-state index contributed by atoms with van der Waals surface area (Å²) in [6.45, 7) is 4.01. The number of ether oxygens (including phenoxy) is 1. The molecular weight excluding hydrogens is 248 g/mol. The predicted octanol–water partition coefficient (Wildman–Crippen LogP) is 4.88. The standard InChI is InChI=1S/C18H30O2/c1-2-13-20-18(19)17(16-11-7-4-8-12-16)14-15-9-5-3-6-10-15/h2,15-17H,1,3-14H2. The highest BCUT2D eigenvalue weighted by atomic mass is 16.5. The minimum Gasteiger partial charge on any atom is -0.461 e. The van der Waals surface area contributed by atoms with E-state index in [2.05, 4.69) is 6.58 Å². The Bertz CT molecular complexity index is 299. The minimum atomic E-state index is 0.0439. The van der Waals surface area contributed by atoms with Crippen molar-refractivity contribution in [2.24, 2.45) is 17.8 Å². The minimum absolute atomic E-state index is 0.0439. The molecule has 0 N–H and O–H groups in total. The molecule has 2 nitrogen and oxygen atoms in total. The van der Waals surface area contributed by atoms with E-state index in [9.17, 15) is 4.79 Å². The van der Waals surface area contributed by atoms with Crippen molar-refractivity contribution in [3.05, 3.63) is 12.7 Å². The molecule has 0 radical (unpaired) electrons. The van der Waals surface area contributed by atoms with Crippen molar-refractivity contribution < 1.29 is 9.53 Å². The highest BCUT2D eigenvalue weighted by molar-refractivity contribution is 5.73. The third kappa shape index (κ3) is 4.64. The van der Waals surface area contributed by atoms with E-state index in [1.165, 1.54) is 64.2 Å². The van der Waals surface area contributed by atoms with Crippen molar-refractivity contribution >= 4 is 5.97 Å². The first kappa shape index (κ1) is 15.6. The lowest BCUT2D eigenvalue weighted by molar-refractivity contribution is -0.150. The molecular formula is C18H30O2. The van der Waals surface area contributed by atoms with Gasteiger partial charge in [0, 0.05) is 0 Å². The highest BCUT2D eigenvalue weighted by Gasteiger charge is 2.33. The summed E-state index contributed by atoms with van der Waals surface area (Å²) in [5.74, 6) is 1.52. The Morgan fingerprint density at radius 3 is 2.25 bits per heavy atom. The van der Waals surface area contributed by atoms with Crippen LogP contribution in [-0.2, 0) is 9.53 Å².